The van der Waals surface area contributed by atoms with Crippen molar-refractivity contribution in [1.82, 2.24) is 0 Å². The third kappa shape index (κ3) is 5.67. The van der Waals surface area contributed by atoms with E-state index in [0.29, 0.717) is 12.8 Å². The van der Waals surface area contributed by atoms with Gasteiger partial charge in [0, 0.05) is 30.9 Å². The molecular weight excluding hydrogens is 376 g/mol. The quantitative estimate of drug-likeness (QED) is 0.333. The van der Waals surface area contributed by atoms with Gasteiger partial charge in [-0.1, -0.05) is 18.2 Å². The molecule has 1 saturated heterocycles. The number of carbonyl (C=O) groups excluding carboxylic acids is 3. The lowest BCUT2D eigenvalue weighted by atomic mass is 9.85. The second-order valence-corrected chi connectivity index (χ2v) is 7.43. The molecule has 0 spiro atoms. The highest BCUT2D eigenvalue weighted by Gasteiger charge is 2.44. The zero-order valence-corrected chi connectivity index (χ0v) is 17.3. The van der Waals surface area contributed by atoms with Crippen LogP contribution in [0.5, 0.6) is 0 Å². The second kappa shape index (κ2) is 9.69. The van der Waals surface area contributed by atoms with Crippen LogP contribution >= 0.6 is 0 Å². The summed E-state index contributed by atoms with van der Waals surface area (Å²) < 4.78 is 16.6. The lowest BCUT2D eigenvalue weighted by molar-refractivity contribution is -0.148. The molecule has 1 aliphatic carbocycles. The monoisotopic (exact) mass is 404 g/mol. The highest BCUT2D eigenvalue weighted by atomic mass is 16.6. The summed E-state index contributed by atoms with van der Waals surface area (Å²) >= 11 is 0. The van der Waals surface area contributed by atoms with E-state index in [4.69, 9.17) is 19.3 Å². The molecule has 29 heavy (non-hydrogen) atoms. The number of aliphatic hydroxyl groups excluding tert-OH is 1. The van der Waals surface area contributed by atoms with Gasteiger partial charge in [-0.05, 0) is 38.5 Å². The predicted molar refractivity (Wildman–Crippen MR) is 106 cm³/mol. The third-order valence-corrected chi connectivity index (χ3v) is 5.09. The standard InChI is InChI=1S/C22H28O7/c1-12-6-7-17(27-16(5)24)14(3)11-19-20(15(4)22(26)29-19)18(10-12)28-21(25)13(2)8-9-23/h6,8,11,17-20,23H,4,7,9-10H2,1-3,5H3/t17-,18+,19+,20+/m0/s1. The minimum atomic E-state index is -0.682. The summed E-state index contributed by atoms with van der Waals surface area (Å²) in [5.74, 6) is -2.08. The fourth-order valence-corrected chi connectivity index (χ4v) is 3.48. The van der Waals surface area contributed by atoms with E-state index in [1.165, 1.54) is 13.0 Å². The van der Waals surface area contributed by atoms with Gasteiger partial charge in [0.25, 0.3) is 0 Å². The Kier molecular flexibility index (Phi) is 7.56. The Morgan fingerprint density at radius 1 is 1.31 bits per heavy atom. The molecule has 2 aliphatic rings. The van der Waals surface area contributed by atoms with Crippen LogP contribution in [-0.4, -0.2) is 47.9 Å². The number of ether oxygens (including phenoxy) is 3. The number of esters is 3. The SMILES string of the molecule is C=C1C(=O)O[C@@H]2C=C(C)[C@@H](OC(C)=O)CC=C(C)C[C@@H](OC(=O)C(C)=CCO)[C@@H]12. The molecule has 7 nitrogen and oxygen atoms in total. The van der Waals surface area contributed by atoms with Crippen molar-refractivity contribution in [2.24, 2.45) is 5.92 Å². The first-order valence-corrected chi connectivity index (χ1v) is 9.53. The first-order chi connectivity index (χ1) is 13.6. The van der Waals surface area contributed by atoms with Crippen molar-refractivity contribution in [1.29, 1.82) is 0 Å². The van der Waals surface area contributed by atoms with Crippen LogP contribution in [-0.2, 0) is 28.6 Å². The molecule has 1 N–H and O–H groups in total. The molecule has 158 valence electrons. The molecule has 0 saturated carbocycles. The number of rotatable bonds is 4. The average Bonchev–Trinajstić information content (AvgIpc) is 2.90. The van der Waals surface area contributed by atoms with E-state index in [-0.39, 0.29) is 17.8 Å². The maximum atomic E-state index is 12.4. The van der Waals surface area contributed by atoms with E-state index >= 15 is 0 Å². The fourth-order valence-electron chi connectivity index (χ4n) is 3.48. The van der Waals surface area contributed by atoms with E-state index in [2.05, 4.69) is 6.58 Å². The highest BCUT2D eigenvalue weighted by molar-refractivity contribution is 5.92. The van der Waals surface area contributed by atoms with Crippen molar-refractivity contribution in [2.45, 2.75) is 58.8 Å². The van der Waals surface area contributed by atoms with Crippen molar-refractivity contribution in [2.75, 3.05) is 6.61 Å². The summed E-state index contributed by atoms with van der Waals surface area (Å²) in [6, 6.07) is 0. The Hall–Kier alpha value is -2.67. The summed E-state index contributed by atoms with van der Waals surface area (Å²) in [5.41, 5.74) is 2.17. The molecule has 2 rings (SSSR count). The maximum Gasteiger partial charge on any atom is 0.334 e. The summed E-state index contributed by atoms with van der Waals surface area (Å²) in [4.78, 5) is 36.1. The summed E-state index contributed by atoms with van der Waals surface area (Å²) in [6.45, 7) is 10.2. The van der Waals surface area contributed by atoms with Crippen molar-refractivity contribution in [3.8, 4) is 0 Å². The summed E-state index contributed by atoms with van der Waals surface area (Å²) in [6.07, 6.45) is 4.05. The summed E-state index contributed by atoms with van der Waals surface area (Å²) in [7, 11) is 0. The number of carbonyl (C=O) groups is 3. The van der Waals surface area contributed by atoms with Gasteiger partial charge in [0.2, 0.25) is 0 Å². The fraction of sp³-hybridized carbons (Fsp3) is 0.500. The minimum absolute atomic E-state index is 0.234. The Bertz CT molecular complexity index is 787. The van der Waals surface area contributed by atoms with Gasteiger partial charge in [-0.25, -0.2) is 9.59 Å². The van der Waals surface area contributed by atoms with Crippen LogP contribution in [0, 0.1) is 5.92 Å². The molecular formula is C22H28O7. The van der Waals surface area contributed by atoms with Gasteiger partial charge < -0.3 is 19.3 Å². The normalized spacial score (nSPS) is 28.0. The lowest BCUT2D eigenvalue weighted by Crippen LogP contribution is -2.34. The third-order valence-electron chi connectivity index (χ3n) is 5.09. The zero-order valence-electron chi connectivity index (χ0n) is 17.3. The van der Waals surface area contributed by atoms with E-state index in [1.807, 2.05) is 13.0 Å². The predicted octanol–water partition coefficient (Wildman–Crippen LogP) is 2.55. The van der Waals surface area contributed by atoms with Crippen LogP contribution < -0.4 is 0 Å². The van der Waals surface area contributed by atoms with Crippen LogP contribution in [0.2, 0.25) is 0 Å². The molecule has 0 unspecified atom stereocenters. The van der Waals surface area contributed by atoms with Crippen molar-refractivity contribution in [3.05, 3.63) is 47.1 Å². The number of fused-ring (bicyclic) bond motifs is 1. The smallest absolute Gasteiger partial charge is 0.334 e. The van der Waals surface area contributed by atoms with Crippen LogP contribution in [0.1, 0.15) is 40.5 Å². The van der Waals surface area contributed by atoms with Crippen LogP contribution in [0.3, 0.4) is 0 Å². The molecule has 0 bridgehead atoms. The van der Waals surface area contributed by atoms with Crippen LogP contribution in [0.4, 0.5) is 0 Å². The van der Waals surface area contributed by atoms with E-state index in [9.17, 15) is 14.4 Å². The van der Waals surface area contributed by atoms with E-state index in [0.717, 1.165) is 11.1 Å². The average molecular weight is 404 g/mol. The first kappa shape index (κ1) is 22.6. The molecule has 0 radical (unpaired) electrons. The molecule has 7 heteroatoms. The molecule has 0 aromatic rings. The Labute approximate surface area is 170 Å². The first-order valence-electron chi connectivity index (χ1n) is 9.53. The van der Waals surface area contributed by atoms with Gasteiger partial charge in [0.1, 0.15) is 18.3 Å². The number of hydrogen-bond acceptors (Lipinski definition) is 7. The largest absolute Gasteiger partial charge is 0.458 e. The van der Waals surface area contributed by atoms with Crippen LogP contribution in [0.25, 0.3) is 0 Å². The molecule has 1 heterocycles. The van der Waals surface area contributed by atoms with Gasteiger partial charge in [-0.2, -0.15) is 0 Å². The molecule has 1 fully saturated rings. The van der Waals surface area contributed by atoms with Gasteiger partial charge in [-0.15, -0.1) is 0 Å². The van der Waals surface area contributed by atoms with Gasteiger partial charge >= 0.3 is 17.9 Å². The second-order valence-electron chi connectivity index (χ2n) is 7.43. The molecule has 1 aliphatic heterocycles. The van der Waals surface area contributed by atoms with Crippen molar-refractivity contribution < 1.29 is 33.7 Å². The Balaban J connectivity index is 2.42. The van der Waals surface area contributed by atoms with Crippen molar-refractivity contribution >= 4 is 17.9 Å². The topological polar surface area (TPSA) is 99.1 Å². The maximum absolute atomic E-state index is 12.4. The number of hydrogen-bond donors (Lipinski definition) is 1. The Morgan fingerprint density at radius 3 is 2.62 bits per heavy atom. The molecule has 0 aromatic heterocycles. The van der Waals surface area contributed by atoms with Gasteiger partial charge in [-0.3, -0.25) is 4.79 Å². The van der Waals surface area contributed by atoms with E-state index < -0.39 is 42.1 Å². The molecule has 0 amide bonds. The highest BCUT2D eigenvalue weighted by Crippen LogP contribution is 2.36. The minimum Gasteiger partial charge on any atom is -0.458 e. The number of aliphatic hydroxyl groups is 1. The van der Waals surface area contributed by atoms with Crippen LogP contribution in [0.15, 0.2) is 47.1 Å². The molecule has 4 atom stereocenters. The van der Waals surface area contributed by atoms with E-state index in [1.54, 1.807) is 19.9 Å². The zero-order chi connectivity index (χ0) is 21.7. The Morgan fingerprint density at radius 2 is 2.00 bits per heavy atom. The summed E-state index contributed by atoms with van der Waals surface area (Å²) in [5, 5.41) is 9.01. The van der Waals surface area contributed by atoms with Crippen molar-refractivity contribution in [3.63, 3.8) is 0 Å². The van der Waals surface area contributed by atoms with Gasteiger partial charge in [0.15, 0.2) is 0 Å². The van der Waals surface area contributed by atoms with Gasteiger partial charge in [0.05, 0.1) is 12.5 Å². The molecule has 0 aromatic carbocycles. The lowest BCUT2D eigenvalue weighted by Gasteiger charge is -2.28.